The Labute approximate surface area is 191 Å². The number of urea groups is 1. The maximum Gasteiger partial charge on any atom is 0.342 e. The highest BCUT2D eigenvalue weighted by Gasteiger charge is 2.16. The van der Waals surface area contributed by atoms with Gasteiger partial charge >= 0.3 is 6.03 Å². The predicted octanol–water partition coefficient (Wildman–Crippen LogP) is 2.75. The number of benzene rings is 3. The first-order chi connectivity index (χ1) is 15.7. The Morgan fingerprint density at radius 1 is 1.03 bits per heavy atom. The number of sulfonamides is 1. The number of carbonyl (C=O) groups excluding carboxylic acids is 1. The zero-order valence-corrected chi connectivity index (χ0v) is 18.6. The van der Waals surface area contributed by atoms with Crippen molar-refractivity contribution in [2.24, 2.45) is 10.9 Å². The first-order valence-electron chi connectivity index (χ1n) is 9.70. The lowest BCUT2D eigenvalue weighted by Gasteiger charge is -2.24. The van der Waals surface area contributed by atoms with Crippen LogP contribution in [0.1, 0.15) is 5.56 Å². The molecule has 0 saturated heterocycles. The molecular weight excluding hydrogens is 444 g/mol. The lowest BCUT2D eigenvalue weighted by Crippen LogP contribution is -2.40. The van der Waals surface area contributed by atoms with Crippen molar-refractivity contribution in [2.45, 2.75) is 4.90 Å². The largest absolute Gasteiger partial charge is 0.384 e. The van der Waals surface area contributed by atoms with Crippen LogP contribution in [0.4, 0.5) is 16.2 Å². The Hall–Kier alpha value is -3.93. The number of rotatable bonds is 8. The van der Waals surface area contributed by atoms with Crippen LogP contribution in [0.3, 0.4) is 0 Å². The van der Waals surface area contributed by atoms with Gasteiger partial charge in [-0.05, 0) is 35.9 Å². The van der Waals surface area contributed by atoms with Crippen molar-refractivity contribution in [1.29, 1.82) is 5.41 Å². The van der Waals surface area contributed by atoms with Crippen LogP contribution < -0.4 is 21.6 Å². The number of amidine groups is 1. The summed E-state index contributed by atoms with van der Waals surface area (Å²) in [5.41, 5.74) is 11.1. The van der Waals surface area contributed by atoms with Gasteiger partial charge in [0, 0.05) is 23.9 Å². The molecule has 0 spiro atoms. The summed E-state index contributed by atoms with van der Waals surface area (Å²) in [4.78, 5) is 12.8. The van der Waals surface area contributed by atoms with E-state index in [0.29, 0.717) is 28.1 Å². The van der Waals surface area contributed by atoms with Crippen molar-refractivity contribution in [3.63, 3.8) is 0 Å². The third kappa shape index (κ3) is 6.07. The van der Waals surface area contributed by atoms with Gasteiger partial charge in [0.25, 0.3) is 0 Å². The van der Waals surface area contributed by atoms with E-state index < -0.39 is 16.1 Å². The molecule has 3 aromatic rings. The number of carbonyl (C=O) groups is 1. The van der Waals surface area contributed by atoms with Crippen LogP contribution >= 0.6 is 0 Å². The van der Waals surface area contributed by atoms with Crippen molar-refractivity contribution in [3.8, 4) is 11.1 Å². The molecule has 33 heavy (non-hydrogen) atoms. The normalized spacial score (nSPS) is 11.0. The fourth-order valence-corrected chi connectivity index (χ4v) is 3.82. The Bertz CT molecular complexity index is 1260. The minimum Gasteiger partial charge on any atom is -0.384 e. The second-order valence-corrected chi connectivity index (χ2v) is 8.53. The van der Waals surface area contributed by atoms with Gasteiger partial charge in [-0.25, -0.2) is 23.4 Å². The number of amides is 2. The summed E-state index contributed by atoms with van der Waals surface area (Å²) in [5.74, 6) is -0.0921. The Morgan fingerprint density at radius 3 is 2.36 bits per heavy atom. The molecule has 0 unspecified atom stereocenters. The predicted molar refractivity (Wildman–Crippen MR) is 127 cm³/mol. The van der Waals surface area contributed by atoms with E-state index in [1.165, 1.54) is 18.2 Å². The molecule has 0 aliphatic heterocycles. The zero-order valence-electron chi connectivity index (χ0n) is 17.8. The minimum atomic E-state index is -3.89. The Balaban J connectivity index is 1.76. The molecule has 0 aliphatic rings. The van der Waals surface area contributed by atoms with Crippen LogP contribution in [0.15, 0.2) is 77.7 Å². The van der Waals surface area contributed by atoms with Gasteiger partial charge in [0.1, 0.15) is 12.6 Å². The van der Waals surface area contributed by atoms with E-state index in [-0.39, 0.29) is 17.5 Å². The van der Waals surface area contributed by atoms with Crippen molar-refractivity contribution in [2.75, 3.05) is 24.6 Å². The van der Waals surface area contributed by atoms with Gasteiger partial charge in [-0.3, -0.25) is 10.8 Å². The van der Waals surface area contributed by atoms with Gasteiger partial charge in [-0.15, -0.1) is 0 Å². The second-order valence-electron chi connectivity index (χ2n) is 7.00. The Morgan fingerprint density at radius 2 is 1.73 bits per heavy atom. The molecule has 172 valence electrons. The molecule has 0 aliphatic carbocycles. The maximum absolute atomic E-state index is 12.8. The van der Waals surface area contributed by atoms with Gasteiger partial charge in [-0.2, -0.15) is 0 Å². The maximum atomic E-state index is 12.8. The van der Waals surface area contributed by atoms with Gasteiger partial charge in [0.15, 0.2) is 0 Å². The molecule has 3 rings (SSSR count). The summed E-state index contributed by atoms with van der Waals surface area (Å²) in [6, 6.07) is 19.3. The van der Waals surface area contributed by atoms with Gasteiger partial charge in [0.05, 0.1) is 10.6 Å². The molecule has 3 aromatic carbocycles. The quantitative estimate of drug-likeness (QED) is 0.148. The number of nitrogens with two attached hydrogens (primary N) is 2. The highest BCUT2D eigenvalue weighted by atomic mass is 32.2. The fourth-order valence-electron chi connectivity index (χ4n) is 3.06. The number of ether oxygens (including phenoxy) is 1. The number of hydrogen-bond acceptors (Lipinski definition) is 6. The summed E-state index contributed by atoms with van der Waals surface area (Å²) in [6.07, 6.45) is 0. The van der Waals surface area contributed by atoms with E-state index in [9.17, 15) is 13.2 Å². The molecular formula is C22H24N6O4S. The number of hydrogen-bond donors (Lipinski definition) is 5. The molecule has 0 fully saturated rings. The molecule has 0 aromatic heterocycles. The van der Waals surface area contributed by atoms with E-state index >= 15 is 0 Å². The minimum absolute atomic E-state index is 0.0186. The average Bonchev–Trinajstić information content (AvgIpc) is 2.79. The lowest BCUT2D eigenvalue weighted by atomic mass is 10.1. The molecule has 0 saturated carbocycles. The van der Waals surface area contributed by atoms with Crippen LogP contribution in [-0.2, 0) is 14.8 Å². The monoisotopic (exact) mass is 468 g/mol. The molecule has 0 atom stereocenters. The van der Waals surface area contributed by atoms with E-state index in [1.54, 1.807) is 66.7 Å². The number of nitrogens with zero attached hydrogens (tertiary/aromatic N) is 1. The third-order valence-electron chi connectivity index (χ3n) is 4.58. The molecule has 0 radical (unpaired) electrons. The number of anilines is 2. The van der Waals surface area contributed by atoms with Crippen LogP contribution in [0.2, 0.25) is 0 Å². The summed E-state index contributed by atoms with van der Waals surface area (Å²) < 4.78 is 28.8. The summed E-state index contributed by atoms with van der Waals surface area (Å²) in [7, 11) is -2.44. The number of methoxy groups -OCH3 is 1. The lowest BCUT2D eigenvalue weighted by molar-refractivity contribution is 0.102. The number of nitrogens with one attached hydrogen (secondary N) is 3. The number of primary sulfonamides is 1. The molecule has 0 heterocycles. The highest BCUT2D eigenvalue weighted by Crippen LogP contribution is 2.27. The third-order valence-corrected chi connectivity index (χ3v) is 5.55. The topological polar surface area (TPSA) is 164 Å². The Kier molecular flexibility index (Phi) is 7.28. The number of hydrazine groups is 1. The van der Waals surface area contributed by atoms with Gasteiger partial charge in [0.2, 0.25) is 10.0 Å². The highest BCUT2D eigenvalue weighted by molar-refractivity contribution is 7.89. The summed E-state index contributed by atoms with van der Waals surface area (Å²) in [6.45, 7) is -0.0596. The van der Waals surface area contributed by atoms with E-state index in [2.05, 4.69) is 10.7 Å². The van der Waals surface area contributed by atoms with Crippen molar-refractivity contribution >= 4 is 33.3 Å². The standard InChI is InChI=1S/C22H24N6O4S/c1-32-14-28(27-18-6-4-5-16(13-18)21(23)24)22(29)26-17-11-9-15(10-12-17)19-7-2-3-8-20(19)33(25,30)31/h2-13,27H,14H2,1H3,(H3,23,24)(H,26,29)(H2,25,30,31). The van der Waals surface area contributed by atoms with Crippen molar-refractivity contribution in [3.05, 3.63) is 78.4 Å². The molecule has 11 heteroatoms. The molecule has 10 nitrogen and oxygen atoms in total. The zero-order chi connectivity index (χ0) is 24.0. The van der Waals surface area contributed by atoms with Crippen LogP contribution in [-0.4, -0.2) is 39.1 Å². The van der Waals surface area contributed by atoms with Crippen LogP contribution in [0, 0.1) is 5.41 Å². The first kappa shape index (κ1) is 23.7. The van der Waals surface area contributed by atoms with Gasteiger partial charge in [-0.1, -0.05) is 42.5 Å². The molecule has 2 amide bonds. The smallest absolute Gasteiger partial charge is 0.342 e. The van der Waals surface area contributed by atoms with Gasteiger partial charge < -0.3 is 15.8 Å². The number of nitrogen functional groups attached to an aromatic ring is 1. The fraction of sp³-hybridized carbons (Fsp3) is 0.0909. The first-order valence-corrected chi connectivity index (χ1v) is 11.2. The van der Waals surface area contributed by atoms with Crippen LogP contribution in [0.5, 0.6) is 0 Å². The second kappa shape index (κ2) is 10.1. The summed E-state index contributed by atoms with van der Waals surface area (Å²) in [5, 5.41) is 16.8. The van der Waals surface area contributed by atoms with E-state index in [1.807, 2.05) is 0 Å². The van der Waals surface area contributed by atoms with Crippen molar-refractivity contribution in [1.82, 2.24) is 5.01 Å². The average molecular weight is 469 g/mol. The van der Waals surface area contributed by atoms with E-state index in [0.717, 1.165) is 0 Å². The SMILES string of the molecule is COCN(Nc1cccc(C(=N)N)c1)C(=O)Nc1ccc(-c2ccccc2S(N)(=O)=O)cc1. The van der Waals surface area contributed by atoms with E-state index in [4.69, 9.17) is 21.0 Å². The van der Waals surface area contributed by atoms with Crippen LogP contribution in [0.25, 0.3) is 11.1 Å². The summed E-state index contributed by atoms with van der Waals surface area (Å²) >= 11 is 0. The molecule has 7 N–H and O–H groups in total. The van der Waals surface area contributed by atoms with Crippen molar-refractivity contribution < 1.29 is 17.9 Å². The molecule has 0 bridgehead atoms.